The van der Waals surface area contributed by atoms with Gasteiger partial charge in [0.25, 0.3) is 0 Å². The van der Waals surface area contributed by atoms with Crippen LogP contribution in [-0.4, -0.2) is 29.3 Å². The van der Waals surface area contributed by atoms with Gasteiger partial charge in [-0.05, 0) is 19.3 Å². The minimum atomic E-state index is 0.163. The van der Waals surface area contributed by atoms with Gasteiger partial charge in [0, 0.05) is 32.5 Å². The maximum Gasteiger partial charge on any atom is 0.237 e. The van der Waals surface area contributed by atoms with Crippen LogP contribution in [0, 0.1) is 0 Å². The fourth-order valence-electron chi connectivity index (χ4n) is 2.17. The Morgan fingerprint density at radius 3 is 2.82 bits per heavy atom. The second kappa shape index (κ2) is 5.93. The Kier molecular flexibility index (Phi) is 4.28. The molecule has 2 N–H and O–H groups in total. The van der Waals surface area contributed by atoms with Gasteiger partial charge in [-0.2, -0.15) is 0 Å². The normalized spacial score (nSPS) is 24.6. The zero-order chi connectivity index (χ0) is 12.1. The van der Waals surface area contributed by atoms with Gasteiger partial charge < -0.3 is 15.2 Å². The molecule has 1 aliphatic carbocycles. The zero-order valence-corrected chi connectivity index (χ0v) is 10.1. The van der Waals surface area contributed by atoms with Crippen molar-refractivity contribution in [2.45, 2.75) is 44.4 Å². The van der Waals surface area contributed by atoms with Crippen molar-refractivity contribution in [2.75, 3.05) is 7.11 Å². The second-order valence-corrected chi connectivity index (χ2v) is 4.28. The third-order valence-electron chi connectivity index (χ3n) is 3.12. The summed E-state index contributed by atoms with van der Waals surface area (Å²) in [6.07, 6.45) is 7.92. The molecule has 0 spiro atoms. The summed E-state index contributed by atoms with van der Waals surface area (Å²) in [6, 6.07) is 0. The number of nitrogens with two attached hydrogens (primary N) is 1. The molecular weight excluding hydrogens is 218 g/mol. The average molecular weight is 237 g/mol. The molecule has 2 rings (SSSR count). The largest absolute Gasteiger partial charge is 0.473 e. The first-order valence-electron chi connectivity index (χ1n) is 6.03. The van der Waals surface area contributed by atoms with E-state index >= 15 is 0 Å². The number of hydrogen-bond acceptors (Lipinski definition) is 5. The molecule has 17 heavy (non-hydrogen) atoms. The molecule has 1 aromatic rings. The Bertz CT molecular complexity index is 359. The summed E-state index contributed by atoms with van der Waals surface area (Å²) in [5.74, 6) is 0.566. The van der Waals surface area contributed by atoms with Crippen LogP contribution >= 0.6 is 0 Å². The fraction of sp³-hybridized carbons (Fsp3) is 0.667. The van der Waals surface area contributed by atoms with E-state index in [1.54, 1.807) is 19.5 Å². The topological polar surface area (TPSA) is 70.3 Å². The molecule has 94 valence electrons. The van der Waals surface area contributed by atoms with E-state index in [2.05, 4.69) is 9.97 Å². The van der Waals surface area contributed by atoms with E-state index < -0.39 is 0 Å². The Morgan fingerprint density at radius 2 is 2.06 bits per heavy atom. The third-order valence-corrected chi connectivity index (χ3v) is 3.12. The lowest BCUT2D eigenvalue weighted by atomic mass is 9.95. The highest BCUT2D eigenvalue weighted by Gasteiger charge is 2.24. The lowest BCUT2D eigenvalue weighted by molar-refractivity contribution is 0.0190. The van der Waals surface area contributed by atoms with Gasteiger partial charge in [0.1, 0.15) is 11.8 Å². The highest BCUT2D eigenvalue weighted by atomic mass is 16.5. The molecule has 0 aromatic carbocycles. The Morgan fingerprint density at radius 1 is 1.29 bits per heavy atom. The molecule has 2 atom stereocenters. The van der Waals surface area contributed by atoms with Gasteiger partial charge in [-0.15, -0.1) is 0 Å². The van der Waals surface area contributed by atoms with Crippen LogP contribution in [0.4, 0.5) is 0 Å². The van der Waals surface area contributed by atoms with E-state index in [4.69, 9.17) is 15.2 Å². The summed E-state index contributed by atoms with van der Waals surface area (Å²) < 4.78 is 11.3. The van der Waals surface area contributed by atoms with Gasteiger partial charge in [-0.3, -0.25) is 4.98 Å². The maximum absolute atomic E-state index is 5.88. The molecule has 5 nitrogen and oxygen atoms in total. The summed E-state index contributed by atoms with van der Waals surface area (Å²) in [7, 11) is 1.75. The highest BCUT2D eigenvalue weighted by molar-refractivity contribution is 5.17. The van der Waals surface area contributed by atoms with Crippen molar-refractivity contribution in [2.24, 2.45) is 5.73 Å². The zero-order valence-electron chi connectivity index (χ0n) is 10.1. The van der Waals surface area contributed by atoms with Gasteiger partial charge in [-0.25, -0.2) is 4.98 Å². The molecule has 0 amide bonds. The van der Waals surface area contributed by atoms with E-state index in [1.165, 1.54) is 0 Å². The summed E-state index contributed by atoms with van der Waals surface area (Å²) in [4.78, 5) is 8.35. The predicted molar refractivity (Wildman–Crippen MR) is 63.6 cm³/mol. The van der Waals surface area contributed by atoms with Gasteiger partial charge in [0.2, 0.25) is 5.88 Å². The molecule has 0 radical (unpaired) electrons. The molecule has 1 aromatic heterocycles. The van der Waals surface area contributed by atoms with Crippen LogP contribution in [0.3, 0.4) is 0 Å². The van der Waals surface area contributed by atoms with Crippen LogP contribution in [0.15, 0.2) is 12.4 Å². The first kappa shape index (κ1) is 12.3. The van der Waals surface area contributed by atoms with Crippen molar-refractivity contribution in [3.8, 4) is 5.88 Å². The average Bonchev–Trinajstić information content (AvgIpc) is 2.39. The van der Waals surface area contributed by atoms with Crippen LogP contribution in [0.5, 0.6) is 5.88 Å². The van der Waals surface area contributed by atoms with E-state index in [0.29, 0.717) is 24.2 Å². The van der Waals surface area contributed by atoms with Gasteiger partial charge in [-0.1, -0.05) is 0 Å². The molecular formula is C12H19N3O2. The van der Waals surface area contributed by atoms with E-state index in [9.17, 15) is 0 Å². The van der Waals surface area contributed by atoms with Crippen molar-refractivity contribution in [1.29, 1.82) is 0 Å². The minimum Gasteiger partial charge on any atom is -0.473 e. The van der Waals surface area contributed by atoms with Gasteiger partial charge in [0.05, 0.1) is 6.10 Å². The number of rotatable bonds is 4. The SMILES string of the molecule is COC1CCCC(Oc2nccnc2CN)C1. The van der Waals surface area contributed by atoms with Crippen LogP contribution in [0.25, 0.3) is 0 Å². The van der Waals surface area contributed by atoms with Crippen molar-refractivity contribution < 1.29 is 9.47 Å². The van der Waals surface area contributed by atoms with Gasteiger partial charge >= 0.3 is 0 Å². The Hall–Kier alpha value is -1.20. The third kappa shape index (κ3) is 3.14. The molecule has 5 heteroatoms. The number of ether oxygens (including phenoxy) is 2. The van der Waals surface area contributed by atoms with E-state index in [1.807, 2.05) is 0 Å². The van der Waals surface area contributed by atoms with Crippen LogP contribution in [0.1, 0.15) is 31.4 Å². The molecule has 1 fully saturated rings. The van der Waals surface area contributed by atoms with Crippen LogP contribution < -0.4 is 10.5 Å². The second-order valence-electron chi connectivity index (χ2n) is 4.28. The molecule has 1 aliphatic rings. The van der Waals surface area contributed by atoms with Crippen molar-refractivity contribution in [3.63, 3.8) is 0 Å². The smallest absolute Gasteiger partial charge is 0.237 e. The first-order valence-corrected chi connectivity index (χ1v) is 6.03. The summed E-state index contributed by atoms with van der Waals surface area (Å²) in [5, 5.41) is 0. The summed E-state index contributed by atoms with van der Waals surface area (Å²) in [6.45, 7) is 0.351. The first-order chi connectivity index (χ1) is 8.33. The lowest BCUT2D eigenvalue weighted by Crippen LogP contribution is -2.30. The Labute approximate surface area is 101 Å². The lowest BCUT2D eigenvalue weighted by Gasteiger charge is -2.28. The molecule has 0 aliphatic heterocycles. The molecule has 1 saturated carbocycles. The van der Waals surface area contributed by atoms with Crippen LogP contribution in [0.2, 0.25) is 0 Å². The molecule has 0 bridgehead atoms. The molecule has 0 saturated heterocycles. The Balaban J connectivity index is 2.00. The quantitative estimate of drug-likeness (QED) is 0.854. The number of methoxy groups -OCH3 is 1. The standard InChI is InChI=1S/C12H19N3O2/c1-16-9-3-2-4-10(7-9)17-12-11(8-13)14-5-6-15-12/h5-6,9-10H,2-4,7-8,13H2,1H3. The molecule has 2 unspecified atom stereocenters. The van der Waals surface area contributed by atoms with Crippen molar-refractivity contribution in [3.05, 3.63) is 18.1 Å². The molecule has 1 heterocycles. The number of hydrogen-bond donors (Lipinski definition) is 1. The predicted octanol–water partition coefficient (Wildman–Crippen LogP) is 1.27. The summed E-state index contributed by atoms with van der Waals surface area (Å²) in [5.41, 5.74) is 6.32. The van der Waals surface area contributed by atoms with Crippen molar-refractivity contribution >= 4 is 0 Å². The van der Waals surface area contributed by atoms with E-state index in [0.717, 1.165) is 25.7 Å². The van der Waals surface area contributed by atoms with Crippen molar-refractivity contribution in [1.82, 2.24) is 9.97 Å². The highest BCUT2D eigenvalue weighted by Crippen LogP contribution is 2.25. The minimum absolute atomic E-state index is 0.163. The number of nitrogens with zero attached hydrogens (tertiary/aromatic N) is 2. The fourth-order valence-corrected chi connectivity index (χ4v) is 2.17. The monoisotopic (exact) mass is 237 g/mol. The maximum atomic E-state index is 5.88. The summed E-state index contributed by atoms with van der Waals surface area (Å²) >= 11 is 0. The van der Waals surface area contributed by atoms with E-state index in [-0.39, 0.29) is 6.10 Å². The number of aromatic nitrogens is 2. The van der Waals surface area contributed by atoms with Gasteiger partial charge in [0.15, 0.2) is 0 Å². The van der Waals surface area contributed by atoms with Crippen LogP contribution in [-0.2, 0) is 11.3 Å².